The zero-order chi connectivity index (χ0) is 85.9. The molecule has 2 aliphatic rings. The van der Waals surface area contributed by atoms with Crippen molar-refractivity contribution in [3.63, 3.8) is 0 Å². The fraction of sp³-hybridized carbons (Fsp3) is 0.210. The van der Waals surface area contributed by atoms with Crippen LogP contribution in [0, 0.1) is 0 Å². The number of pyridine rings is 4. The maximum Gasteiger partial charge on any atom is 0.433 e. The maximum absolute atomic E-state index is 13.3. The topological polar surface area (TPSA) is 425 Å². The summed E-state index contributed by atoms with van der Waals surface area (Å²) >= 11 is 0. The minimum Gasteiger partial charge on any atom is -0.451 e. The molecule has 16 heterocycles. The van der Waals surface area contributed by atoms with E-state index in [1.165, 1.54) is 48.9 Å². The molecule has 8 N–H and O–H groups in total. The Labute approximate surface area is 688 Å². The van der Waals surface area contributed by atoms with Crippen LogP contribution in [0.5, 0.6) is 0 Å². The number of furan rings is 4. The van der Waals surface area contributed by atoms with Gasteiger partial charge in [0.1, 0.15) is 58.1 Å². The maximum atomic E-state index is 13.3. The van der Waals surface area contributed by atoms with E-state index in [1.54, 1.807) is 127 Å². The fourth-order valence-corrected chi connectivity index (χ4v) is 12.8. The molecule has 4 amide bonds. The van der Waals surface area contributed by atoms with Gasteiger partial charge in [-0.25, -0.2) is 9.67 Å². The van der Waals surface area contributed by atoms with Gasteiger partial charge in [0, 0.05) is 68.6 Å². The van der Waals surface area contributed by atoms with Gasteiger partial charge in [0.15, 0.2) is 23.0 Å². The second-order valence-electron chi connectivity index (χ2n) is 27.7. The van der Waals surface area contributed by atoms with Crippen LogP contribution in [0.4, 0.5) is 57.9 Å². The van der Waals surface area contributed by atoms with E-state index in [4.69, 9.17) is 32.2 Å². The molecule has 16 aromatic heterocycles. The van der Waals surface area contributed by atoms with Crippen LogP contribution >= 0.6 is 0 Å². The van der Waals surface area contributed by atoms with Gasteiger partial charge in [-0.3, -0.25) is 68.6 Å². The number of carbonyl (C=O) groups is 4. The number of hydrogen-bond acceptors (Lipinski definition) is 22. The van der Waals surface area contributed by atoms with Crippen molar-refractivity contribution in [3.05, 3.63) is 243 Å². The molecule has 123 heavy (non-hydrogen) atoms. The average Bonchev–Trinajstić information content (AvgIpc) is 1.64. The van der Waals surface area contributed by atoms with Gasteiger partial charge >= 0.3 is 18.9 Å². The summed E-state index contributed by atoms with van der Waals surface area (Å²) in [5.74, 6) is -0.0694. The van der Waals surface area contributed by atoms with Crippen molar-refractivity contribution in [2.24, 2.45) is 0 Å². The van der Waals surface area contributed by atoms with E-state index in [2.05, 4.69) is 97.3 Å². The number of aromatic amines is 4. The van der Waals surface area contributed by atoms with Crippen molar-refractivity contribution in [1.29, 1.82) is 0 Å². The summed E-state index contributed by atoms with van der Waals surface area (Å²) in [4.78, 5) is 67.2. The van der Waals surface area contributed by atoms with Gasteiger partial charge in [-0.05, 0) is 144 Å². The Hall–Kier alpha value is -15.4. The molecule has 0 atom stereocenters. The number of H-pyrrole nitrogens is 4. The van der Waals surface area contributed by atoms with E-state index in [9.17, 15) is 54.3 Å². The number of halogens is 8. The molecule has 0 saturated heterocycles. The van der Waals surface area contributed by atoms with Crippen molar-refractivity contribution in [2.75, 3.05) is 27.9 Å². The summed E-state index contributed by atoms with van der Waals surface area (Å²) in [5, 5.41) is 53.8. The molecule has 0 spiro atoms. The first kappa shape index (κ1) is 82.7. The van der Waals surface area contributed by atoms with Gasteiger partial charge in [0.25, 0.3) is 23.6 Å². The molecular formula is C81H70F8N24O10. The van der Waals surface area contributed by atoms with E-state index in [-0.39, 0.29) is 99.2 Å². The number of carbonyl (C=O) groups excluding carboxylic acids is 4. The van der Waals surface area contributed by atoms with Crippen LogP contribution in [-0.2, 0) is 22.2 Å². The first-order valence-electron chi connectivity index (χ1n) is 37.8. The molecule has 0 radical (unpaired) electrons. The Kier molecular flexibility index (Phi) is 24.5. The molecule has 0 unspecified atom stereocenters. The summed E-state index contributed by atoms with van der Waals surface area (Å²) in [5.41, 5.74) is 5.06. The Balaban J connectivity index is 0.000000128. The number of alkyl halides is 8. The first-order chi connectivity index (χ1) is 59.4. The van der Waals surface area contributed by atoms with Crippen molar-refractivity contribution in [2.45, 2.75) is 102 Å². The highest BCUT2D eigenvalue weighted by Gasteiger charge is 2.37. The lowest BCUT2D eigenvalue weighted by atomic mass is 9.89. The second-order valence-corrected chi connectivity index (χ2v) is 27.7. The normalized spacial score (nSPS) is 14.9. The van der Waals surface area contributed by atoms with E-state index in [0.717, 1.165) is 36.9 Å². The SMILES string of the molecule is CC(C)OC1CC(n2cc(NC(=O)c3ccc(-c4cn[nH]c4)o3)c(-c3ccccn3)n2)C1.CCOC1CC(n2cc(NC(=O)c3ccc(-c4cn[nH]c4)o3)c(-c3cccc(C(F)(F)F)n3)n2)C1.O=C(Nc1cn(C(F)F)nc1-c1ccccn1)c1ccc(-c2cn[nH]c2)o1.O=C(Nc1cn(CC(F)(F)F)nc1-c1ccccn1)c1ccc(-c2cn[nH]c2)o1. The van der Waals surface area contributed by atoms with Crippen molar-refractivity contribution < 1.29 is 81.4 Å². The van der Waals surface area contributed by atoms with Gasteiger partial charge in [-0.1, -0.05) is 24.3 Å². The van der Waals surface area contributed by atoms with Crippen LogP contribution in [0.25, 0.3) is 90.8 Å². The molecule has 18 rings (SSSR count). The first-order valence-corrected chi connectivity index (χ1v) is 37.8. The molecule has 16 aromatic rings. The zero-order valence-corrected chi connectivity index (χ0v) is 64.7. The molecular weight excluding hydrogens is 1620 g/mol. The van der Waals surface area contributed by atoms with E-state index in [0.29, 0.717) is 97.0 Å². The summed E-state index contributed by atoms with van der Waals surface area (Å²) in [6.45, 7) is 2.45. The standard InChI is InChI=1S/C23H21F3N6O3.C23H24N6O3.C18H13F3N6O2.C17H12F2N6O2/c1-2-34-15-8-14(9-15)32-12-17(21(31-32)16-4-3-5-20(29-16)23(24,25)26)30-22(33)19-7-6-18(35-19)13-10-27-28-11-13;1-14(2)31-17-9-16(10-17)29-13-19(22(28-29)18-5-3-4-8-24-18)27-23(30)21-7-6-20(32-21)15-11-25-26-12-15;19-18(20,21)10-27-9-13(16(26-27)12-3-1-2-6-22-12)25-17(28)15-5-4-14(29-15)11-7-23-24-8-11;18-17(19)25-9-12(15(24-25)11-3-1-2-6-20-11)23-16(26)14-5-4-13(27-14)10-7-21-22-8-10/h3-7,10-12,14-15H,2,8-9H2,1H3,(H,27,28)(H,30,33);3-8,11-14,16-17H,9-10H2,1-2H3,(H,25,26)(H,27,30);1-9H,10H2,(H,23,24)(H,25,28);1-9,17H,(H,21,22)(H,23,26). The van der Waals surface area contributed by atoms with Gasteiger partial charge in [0.05, 0.1) is 129 Å². The third kappa shape index (κ3) is 20.2. The fourth-order valence-electron chi connectivity index (χ4n) is 12.8. The molecule has 42 heteroatoms. The van der Waals surface area contributed by atoms with Gasteiger partial charge in [-0.2, -0.15) is 75.9 Å². The largest absolute Gasteiger partial charge is 0.451 e. The number of ether oxygens (including phenoxy) is 2. The van der Waals surface area contributed by atoms with Gasteiger partial charge < -0.3 is 48.4 Å². The minimum absolute atomic E-state index is 0.00180. The summed E-state index contributed by atoms with van der Waals surface area (Å²) in [6.07, 6.45) is 17.8. The Morgan fingerprint density at radius 1 is 0.463 bits per heavy atom. The Bertz CT molecular complexity index is 6180. The van der Waals surface area contributed by atoms with Crippen molar-refractivity contribution in [1.82, 2.24) is 99.8 Å². The average molecular weight is 1690 g/mol. The van der Waals surface area contributed by atoms with E-state index in [1.807, 2.05) is 49.8 Å². The van der Waals surface area contributed by atoms with Crippen LogP contribution in [0.2, 0.25) is 0 Å². The molecule has 34 nitrogen and oxygen atoms in total. The van der Waals surface area contributed by atoms with E-state index < -0.39 is 48.9 Å². The van der Waals surface area contributed by atoms with Crippen LogP contribution in [-0.4, -0.2) is 155 Å². The molecule has 0 bridgehead atoms. The molecule has 0 aliphatic heterocycles. The lowest BCUT2D eigenvalue weighted by Gasteiger charge is -2.36. The Morgan fingerprint density at radius 2 is 0.837 bits per heavy atom. The lowest BCUT2D eigenvalue weighted by Crippen LogP contribution is -2.35. The van der Waals surface area contributed by atoms with Crippen LogP contribution < -0.4 is 21.3 Å². The summed E-state index contributed by atoms with van der Waals surface area (Å²) in [7, 11) is 0. The monoisotopic (exact) mass is 1690 g/mol. The second kappa shape index (κ2) is 36.5. The number of hydrogen-bond donors (Lipinski definition) is 8. The van der Waals surface area contributed by atoms with Gasteiger partial charge in [0.2, 0.25) is 0 Å². The summed E-state index contributed by atoms with van der Waals surface area (Å²) < 4.78 is 143. The van der Waals surface area contributed by atoms with Crippen LogP contribution in [0.1, 0.15) is 113 Å². The highest BCUT2D eigenvalue weighted by atomic mass is 19.4. The number of rotatable bonds is 24. The molecule has 2 aliphatic carbocycles. The quantitative estimate of drug-likeness (QED) is 0.0260. The Morgan fingerprint density at radius 3 is 1.20 bits per heavy atom. The number of aromatic nitrogens is 20. The smallest absolute Gasteiger partial charge is 0.433 e. The number of anilines is 4. The summed E-state index contributed by atoms with van der Waals surface area (Å²) in [6, 6.07) is 32.0. The number of amides is 4. The molecule has 2 saturated carbocycles. The predicted octanol–water partition coefficient (Wildman–Crippen LogP) is 16.6. The van der Waals surface area contributed by atoms with E-state index >= 15 is 0 Å². The molecule has 0 aromatic carbocycles. The predicted molar refractivity (Wildman–Crippen MR) is 423 cm³/mol. The van der Waals surface area contributed by atoms with Crippen molar-refractivity contribution in [3.8, 4) is 90.8 Å². The lowest BCUT2D eigenvalue weighted by molar-refractivity contribution is -0.142. The highest BCUT2D eigenvalue weighted by Crippen LogP contribution is 2.41. The minimum atomic E-state index is -4.61. The highest BCUT2D eigenvalue weighted by molar-refractivity contribution is 6.07. The number of nitrogens with one attached hydrogen (secondary N) is 8. The zero-order valence-electron chi connectivity index (χ0n) is 64.7. The molecule has 630 valence electrons. The molecule has 2 fully saturated rings. The third-order valence-corrected chi connectivity index (χ3v) is 18.7. The van der Waals surface area contributed by atoms with Crippen LogP contribution in [0.3, 0.4) is 0 Å². The number of nitrogens with zero attached hydrogens (tertiary/aromatic N) is 16. The van der Waals surface area contributed by atoms with Gasteiger partial charge in [-0.15, -0.1) is 0 Å². The third-order valence-electron chi connectivity index (χ3n) is 18.7. The van der Waals surface area contributed by atoms with Crippen molar-refractivity contribution >= 4 is 46.4 Å². The van der Waals surface area contributed by atoms with Crippen LogP contribution in [0.15, 0.2) is 232 Å².